The van der Waals surface area contributed by atoms with Gasteiger partial charge in [-0.25, -0.2) is 4.84 Å². The second-order valence-electron chi connectivity index (χ2n) is 8.97. The number of aliphatic hydroxyl groups excluding tert-OH is 1. The minimum atomic E-state index is -1.54. The molecule has 43 heavy (non-hydrogen) atoms. The zero-order valence-corrected chi connectivity index (χ0v) is 29.7. The fourth-order valence-corrected chi connectivity index (χ4v) is 7.86. The molecule has 0 aliphatic rings. The molecule has 0 aromatic heterocycles. The Morgan fingerprint density at radius 3 is 1.19 bits per heavy atom. The molecule has 0 fully saturated rings. The molecule has 7 heteroatoms. The van der Waals surface area contributed by atoms with Crippen molar-refractivity contribution in [3.63, 3.8) is 0 Å². The highest BCUT2D eigenvalue weighted by atomic mass is 35.6. The van der Waals surface area contributed by atoms with Crippen LogP contribution in [-0.4, -0.2) is 42.0 Å². The molecule has 0 heterocycles. The number of aliphatic hydroxyl groups is 1. The van der Waals surface area contributed by atoms with Crippen LogP contribution in [0.4, 0.5) is 0 Å². The average molecular weight is 655 g/mol. The molecular formula is C36H49Cl2NO2Si2. The minimum Gasteiger partial charge on any atom is -0.407 e. The van der Waals surface area contributed by atoms with Crippen LogP contribution in [0, 0.1) is 0 Å². The van der Waals surface area contributed by atoms with Gasteiger partial charge < -0.3 is 9.53 Å². The lowest BCUT2D eigenvalue weighted by Crippen LogP contribution is -2.44. The Labute approximate surface area is 274 Å². The fourth-order valence-electron chi connectivity index (χ4n) is 3.24. The van der Waals surface area contributed by atoms with E-state index in [0.29, 0.717) is 6.61 Å². The molecule has 0 saturated heterocycles. The Kier molecular flexibility index (Phi) is 27.5. The molecule has 0 unspecified atom stereocenters. The van der Waals surface area contributed by atoms with Gasteiger partial charge in [0.15, 0.2) is 0 Å². The predicted molar refractivity (Wildman–Crippen MR) is 198 cm³/mol. The third-order valence-electron chi connectivity index (χ3n) is 5.53. The monoisotopic (exact) mass is 653 g/mol. The number of hydrogen-bond donors (Lipinski definition) is 2. The van der Waals surface area contributed by atoms with Crippen LogP contribution in [0.25, 0.3) is 0 Å². The van der Waals surface area contributed by atoms with Gasteiger partial charge in [0.1, 0.15) is 0 Å². The van der Waals surface area contributed by atoms with Gasteiger partial charge in [0.05, 0.1) is 13.2 Å². The van der Waals surface area contributed by atoms with E-state index in [1.807, 2.05) is 61.5 Å². The topological polar surface area (TPSA) is 41.5 Å². The summed E-state index contributed by atoms with van der Waals surface area (Å²) in [5.41, 5.74) is 0. The molecule has 0 aliphatic heterocycles. The van der Waals surface area contributed by atoms with E-state index in [4.69, 9.17) is 32.4 Å². The zero-order valence-electron chi connectivity index (χ0n) is 25.9. The van der Waals surface area contributed by atoms with Crippen molar-refractivity contribution in [1.29, 1.82) is 0 Å². The van der Waals surface area contributed by atoms with Crippen LogP contribution < -0.4 is 25.6 Å². The standard InChI is InChI=1S/C15H16OSi.C12H11ClSi.C4H10.C3H6O.C2H6ClN/c1-2-13-16-17(14-9-5-3-6-10-14)15-11-7-4-8-12-15;13-14(11-7-3-1-4-8-11)12-9-5-2-6-10-12;1-3-4-2;1-2-3-4;1-2-4-3/h2-12,17H,1,13H2;1-10,14H;3-4H2,1-2H3;2,4H,1,3H2;4H,2H2,1H3. The highest BCUT2D eigenvalue weighted by Crippen LogP contribution is 1.96. The van der Waals surface area contributed by atoms with Crippen molar-refractivity contribution >= 4 is 60.7 Å². The Balaban J connectivity index is 0.000000605. The van der Waals surface area contributed by atoms with E-state index in [1.165, 1.54) is 39.7 Å². The van der Waals surface area contributed by atoms with Crippen molar-refractivity contribution in [3.05, 3.63) is 147 Å². The van der Waals surface area contributed by atoms with Gasteiger partial charge in [-0.1, -0.05) is 167 Å². The van der Waals surface area contributed by atoms with Crippen molar-refractivity contribution in [2.45, 2.75) is 33.6 Å². The van der Waals surface area contributed by atoms with Gasteiger partial charge in [-0.2, -0.15) is 11.1 Å². The molecule has 4 aromatic carbocycles. The second-order valence-corrected chi connectivity index (χ2v) is 15.0. The van der Waals surface area contributed by atoms with Gasteiger partial charge >= 0.3 is 0 Å². The predicted octanol–water partition coefficient (Wildman–Crippen LogP) is 6.21. The van der Waals surface area contributed by atoms with E-state index < -0.39 is 17.1 Å². The van der Waals surface area contributed by atoms with Gasteiger partial charge in [-0.3, -0.25) is 0 Å². The fraction of sp³-hybridized carbons (Fsp3) is 0.222. The van der Waals surface area contributed by atoms with Crippen molar-refractivity contribution in [1.82, 2.24) is 4.84 Å². The van der Waals surface area contributed by atoms with E-state index in [-0.39, 0.29) is 6.61 Å². The molecule has 0 saturated carbocycles. The van der Waals surface area contributed by atoms with E-state index >= 15 is 0 Å². The quantitative estimate of drug-likeness (QED) is 0.0925. The summed E-state index contributed by atoms with van der Waals surface area (Å²) in [6.07, 6.45) is 5.88. The minimum absolute atomic E-state index is 0.0833. The number of unbranched alkanes of at least 4 members (excludes halogenated alkanes) is 1. The van der Waals surface area contributed by atoms with Crippen LogP contribution in [-0.2, 0) is 4.43 Å². The third kappa shape index (κ3) is 20.0. The summed E-state index contributed by atoms with van der Waals surface area (Å²) in [5.74, 6) is 0. The zero-order chi connectivity index (χ0) is 32.0. The number of nitrogens with one attached hydrogen (secondary N) is 1. The van der Waals surface area contributed by atoms with Crippen LogP contribution in [0.3, 0.4) is 0 Å². The second kappa shape index (κ2) is 29.3. The summed E-state index contributed by atoms with van der Waals surface area (Å²) in [6.45, 7) is 14.8. The highest BCUT2D eigenvalue weighted by molar-refractivity contribution is 7.21. The Morgan fingerprint density at radius 1 is 0.651 bits per heavy atom. The summed E-state index contributed by atoms with van der Waals surface area (Å²) in [4.78, 5) is 2.40. The van der Waals surface area contributed by atoms with E-state index in [9.17, 15) is 0 Å². The molecule has 0 bridgehead atoms. The molecule has 0 amide bonds. The summed E-state index contributed by atoms with van der Waals surface area (Å²) in [7, 11) is -2.99. The number of rotatable bonds is 10. The van der Waals surface area contributed by atoms with Crippen molar-refractivity contribution in [3.8, 4) is 0 Å². The lowest BCUT2D eigenvalue weighted by Gasteiger charge is -2.15. The van der Waals surface area contributed by atoms with Gasteiger partial charge in [0.25, 0.3) is 0 Å². The molecule has 0 atom stereocenters. The molecule has 4 aromatic rings. The first kappa shape index (κ1) is 40.3. The molecule has 3 nitrogen and oxygen atoms in total. The van der Waals surface area contributed by atoms with Gasteiger partial charge in [0.2, 0.25) is 17.1 Å². The van der Waals surface area contributed by atoms with Crippen molar-refractivity contribution < 1.29 is 9.53 Å². The molecule has 0 radical (unpaired) electrons. The summed E-state index contributed by atoms with van der Waals surface area (Å²) in [6, 6.07) is 41.6. The molecule has 2 N–H and O–H groups in total. The van der Waals surface area contributed by atoms with Crippen LogP contribution in [0.1, 0.15) is 33.6 Å². The Morgan fingerprint density at radius 2 is 0.953 bits per heavy atom. The van der Waals surface area contributed by atoms with E-state index in [0.717, 1.165) is 6.54 Å². The van der Waals surface area contributed by atoms with Crippen LogP contribution in [0.5, 0.6) is 0 Å². The first-order valence-electron chi connectivity index (χ1n) is 14.7. The maximum atomic E-state index is 7.76. The molecule has 4 rings (SSSR count). The van der Waals surface area contributed by atoms with Gasteiger partial charge in [-0.05, 0) is 32.5 Å². The number of halogens is 2. The molecular weight excluding hydrogens is 605 g/mol. The largest absolute Gasteiger partial charge is 0.407 e. The van der Waals surface area contributed by atoms with Crippen molar-refractivity contribution in [2.75, 3.05) is 19.8 Å². The van der Waals surface area contributed by atoms with E-state index in [1.54, 1.807) is 0 Å². The van der Waals surface area contributed by atoms with Gasteiger partial charge in [-0.15, -0.1) is 13.2 Å². The number of benzene rings is 4. The average Bonchev–Trinajstić information content (AvgIpc) is 3.10. The van der Waals surface area contributed by atoms with Crippen molar-refractivity contribution in [2.24, 2.45) is 0 Å². The lowest BCUT2D eigenvalue weighted by molar-refractivity contribution is 0.343. The molecule has 0 spiro atoms. The molecule has 232 valence electrons. The Hall–Kier alpha value is -2.75. The highest BCUT2D eigenvalue weighted by Gasteiger charge is 2.16. The number of hydrogen-bond acceptors (Lipinski definition) is 3. The van der Waals surface area contributed by atoms with E-state index in [2.05, 4.69) is 105 Å². The maximum Gasteiger partial charge on any atom is 0.240 e. The summed E-state index contributed by atoms with van der Waals surface area (Å²) < 4.78 is 5.98. The normalized spacial score (nSPS) is 9.49. The lowest BCUT2D eigenvalue weighted by atomic mass is 10.4. The first-order valence-corrected chi connectivity index (χ1v) is 19.6. The smallest absolute Gasteiger partial charge is 0.240 e. The van der Waals surface area contributed by atoms with Crippen LogP contribution in [0.2, 0.25) is 0 Å². The first-order chi connectivity index (χ1) is 21.0. The Bertz CT molecular complexity index is 1070. The summed E-state index contributed by atoms with van der Waals surface area (Å²) >= 11 is 11.4. The van der Waals surface area contributed by atoms with Crippen LogP contribution in [0.15, 0.2) is 147 Å². The third-order valence-corrected chi connectivity index (χ3v) is 11.8. The van der Waals surface area contributed by atoms with Gasteiger partial charge in [0, 0.05) is 6.54 Å². The molecule has 0 aliphatic carbocycles. The SMILES string of the molecule is C=CCO.C=CCO[SiH](c1ccccc1)c1ccccc1.CCCC.CCNCl.Cl[SiH](c1ccccc1)c1ccccc1. The summed E-state index contributed by atoms with van der Waals surface area (Å²) in [5, 5.41) is 12.9. The van der Waals surface area contributed by atoms with Crippen LogP contribution >= 0.6 is 22.9 Å². The maximum absolute atomic E-state index is 7.76.